The lowest BCUT2D eigenvalue weighted by molar-refractivity contribution is 0.403. The Morgan fingerprint density at radius 3 is 2.65 bits per heavy atom. The highest BCUT2D eigenvalue weighted by atomic mass is 32.2. The Morgan fingerprint density at radius 2 is 2.10 bits per heavy atom. The quantitative estimate of drug-likeness (QED) is 0.839. The van der Waals surface area contributed by atoms with Crippen LogP contribution in [0.4, 0.5) is 4.39 Å². The van der Waals surface area contributed by atoms with Crippen molar-refractivity contribution in [3.63, 3.8) is 0 Å². The zero-order valence-corrected chi connectivity index (χ0v) is 12.7. The zero-order valence-electron chi connectivity index (χ0n) is 11.9. The van der Waals surface area contributed by atoms with Crippen molar-refractivity contribution >= 4 is 10.0 Å². The summed E-state index contributed by atoms with van der Waals surface area (Å²) in [4.78, 5) is 0.185. The van der Waals surface area contributed by atoms with Gasteiger partial charge in [-0.15, -0.1) is 0 Å². The number of nitrogens with one attached hydrogen (secondary N) is 1. The molecule has 1 fully saturated rings. The van der Waals surface area contributed by atoms with Gasteiger partial charge in [-0.05, 0) is 44.5 Å². The summed E-state index contributed by atoms with van der Waals surface area (Å²) < 4.78 is 40.5. The fraction of sp³-hybridized carbons (Fsp3) is 0.571. The third-order valence-corrected chi connectivity index (χ3v) is 5.34. The molecule has 6 heteroatoms. The lowest BCUT2D eigenvalue weighted by atomic mass is 10.2. The predicted octanol–water partition coefficient (Wildman–Crippen LogP) is 2.11. The number of halogens is 1. The van der Waals surface area contributed by atoms with Gasteiger partial charge in [0, 0.05) is 24.7 Å². The molecule has 1 saturated carbocycles. The molecular weight excluding hydrogens is 279 g/mol. The normalized spacial score (nSPS) is 15.8. The maximum absolute atomic E-state index is 13.6. The van der Waals surface area contributed by atoms with Crippen LogP contribution in [0.25, 0.3) is 0 Å². The highest BCUT2D eigenvalue weighted by molar-refractivity contribution is 7.89. The molecule has 0 heterocycles. The number of nitrogens with zero attached hydrogens (tertiary/aromatic N) is 1. The molecule has 0 spiro atoms. The molecule has 1 aromatic rings. The Morgan fingerprint density at radius 1 is 1.40 bits per heavy atom. The van der Waals surface area contributed by atoms with Gasteiger partial charge >= 0.3 is 0 Å². The van der Waals surface area contributed by atoms with Crippen LogP contribution in [0.1, 0.15) is 31.7 Å². The van der Waals surface area contributed by atoms with E-state index in [9.17, 15) is 12.8 Å². The lowest BCUT2D eigenvalue weighted by Gasteiger charge is -2.21. The van der Waals surface area contributed by atoms with Gasteiger partial charge in [-0.25, -0.2) is 12.8 Å². The summed E-state index contributed by atoms with van der Waals surface area (Å²) in [6.07, 6.45) is 2.62. The van der Waals surface area contributed by atoms with E-state index in [0.29, 0.717) is 18.7 Å². The van der Waals surface area contributed by atoms with Gasteiger partial charge in [-0.2, -0.15) is 4.31 Å². The van der Waals surface area contributed by atoms with Gasteiger partial charge in [0.15, 0.2) is 0 Å². The maximum Gasteiger partial charge on any atom is 0.243 e. The molecule has 112 valence electrons. The summed E-state index contributed by atoms with van der Waals surface area (Å²) in [5.74, 6) is -0.383. The number of sulfonamides is 1. The van der Waals surface area contributed by atoms with Gasteiger partial charge < -0.3 is 5.32 Å². The molecule has 0 unspecified atom stereocenters. The summed E-state index contributed by atoms with van der Waals surface area (Å²) in [7, 11) is -1.82. The van der Waals surface area contributed by atoms with Crippen LogP contribution in [-0.4, -0.2) is 32.4 Å². The monoisotopic (exact) mass is 300 g/mol. The molecule has 0 atom stereocenters. The third-order valence-electron chi connectivity index (χ3n) is 3.39. The SMILES string of the molecule is CCCN(C1CC1)S(=O)(=O)c1ccc(F)c(CNC)c1. The molecule has 1 aliphatic rings. The fourth-order valence-electron chi connectivity index (χ4n) is 2.25. The van der Waals surface area contributed by atoms with Crippen molar-refractivity contribution in [1.29, 1.82) is 0 Å². The fourth-order valence-corrected chi connectivity index (χ4v) is 4.08. The van der Waals surface area contributed by atoms with Crippen LogP contribution in [0.5, 0.6) is 0 Å². The average Bonchev–Trinajstić information content (AvgIpc) is 3.22. The van der Waals surface area contributed by atoms with Crippen LogP contribution in [0.2, 0.25) is 0 Å². The smallest absolute Gasteiger partial charge is 0.243 e. The van der Waals surface area contributed by atoms with Crippen LogP contribution in [0.15, 0.2) is 23.1 Å². The van der Waals surface area contributed by atoms with Gasteiger partial charge in [-0.3, -0.25) is 0 Å². The van der Waals surface area contributed by atoms with E-state index >= 15 is 0 Å². The van der Waals surface area contributed by atoms with E-state index in [-0.39, 0.29) is 16.8 Å². The number of benzene rings is 1. The van der Waals surface area contributed by atoms with E-state index in [1.54, 1.807) is 11.4 Å². The molecule has 0 bridgehead atoms. The lowest BCUT2D eigenvalue weighted by Crippen LogP contribution is -2.34. The molecule has 20 heavy (non-hydrogen) atoms. The van der Waals surface area contributed by atoms with Gasteiger partial charge in [0.25, 0.3) is 0 Å². The zero-order chi connectivity index (χ0) is 14.8. The summed E-state index contributed by atoms with van der Waals surface area (Å²) >= 11 is 0. The van der Waals surface area contributed by atoms with Crippen molar-refractivity contribution in [3.05, 3.63) is 29.6 Å². The second-order valence-electron chi connectivity index (χ2n) is 5.13. The standard InChI is InChI=1S/C14H21FN2O2S/c1-3-8-17(12-4-5-12)20(18,19)13-6-7-14(15)11(9-13)10-16-2/h6-7,9,12,16H,3-5,8,10H2,1-2H3. The molecule has 0 radical (unpaired) electrons. The van der Waals surface area contributed by atoms with Crippen molar-refractivity contribution in [1.82, 2.24) is 9.62 Å². The van der Waals surface area contributed by atoms with E-state index in [2.05, 4.69) is 5.32 Å². The molecule has 0 aliphatic heterocycles. The minimum atomic E-state index is -3.52. The first-order chi connectivity index (χ1) is 9.50. The van der Waals surface area contributed by atoms with Crippen LogP contribution >= 0.6 is 0 Å². The topological polar surface area (TPSA) is 49.4 Å². The Labute approximate surface area is 120 Å². The van der Waals surface area contributed by atoms with Crippen LogP contribution in [0, 0.1) is 5.82 Å². The molecule has 1 aromatic carbocycles. The summed E-state index contributed by atoms with van der Waals surface area (Å²) in [5, 5.41) is 2.84. The van der Waals surface area contributed by atoms with Crippen molar-refractivity contribution in [2.75, 3.05) is 13.6 Å². The van der Waals surface area contributed by atoms with Crippen molar-refractivity contribution < 1.29 is 12.8 Å². The van der Waals surface area contributed by atoms with E-state index < -0.39 is 10.0 Å². The van der Waals surface area contributed by atoms with Gasteiger partial charge in [0.1, 0.15) is 5.82 Å². The highest BCUT2D eigenvalue weighted by Crippen LogP contribution is 2.32. The van der Waals surface area contributed by atoms with Gasteiger partial charge in [0.05, 0.1) is 4.90 Å². The molecule has 1 aliphatic carbocycles. The largest absolute Gasteiger partial charge is 0.316 e. The molecule has 0 aromatic heterocycles. The molecule has 4 nitrogen and oxygen atoms in total. The first-order valence-electron chi connectivity index (χ1n) is 6.95. The molecule has 2 rings (SSSR count). The Kier molecular flexibility index (Phi) is 4.78. The number of hydrogen-bond acceptors (Lipinski definition) is 3. The Hall–Kier alpha value is -0.980. The summed E-state index contributed by atoms with van der Waals surface area (Å²) in [6.45, 7) is 2.79. The summed E-state index contributed by atoms with van der Waals surface area (Å²) in [6, 6.07) is 4.15. The first-order valence-corrected chi connectivity index (χ1v) is 8.39. The van der Waals surface area contributed by atoms with Crippen molar-refractivity contribution in [2.45, 2.75) is 43.7 Å². The van der Waals surface area contributed by atoms with E-state index in [1.165, 1.54) is 18.2 Å². The van der Waals surface area contributed by atoms with Crippen LogP contribution in [0.3, 0.4) is 0 Å². The van der Waals surface area contributed by atoms with Gasteiger partial charge in [0.2, 0.25) is 10.0 Å². The minimum Gasteiger partial charge on any atom is -0.316 e. The first kappa shape index (κ1) is 15.4. The maximum atomic E-state index is 13.6. The summed E-state index contributed by atoms with van der Waals surface area (Å²) in [5.41, 5.74) is 0.376. The molecular formula is C14H21FN2O2S. The van der Waals surface area contributed by atoms with Crippen LogP contribution in [-0.2, 0) is 16.6 Å². The van der Waals surface area contributed by atoms with Crippen molar-refractivity contribution in [2.24, 2.45) is 0 Å². The van der Waals surface area contributed by atoms with E-state index in [4.69, 9.17) is 0 Å². The third kappa shape index (κ3) is 3.19. The molecule has 1 N–H and O–H groups in total. The Bertz CT molecular complexity index is 571. The van der Waals surface area contributed by atoms with Crippen LogP contribution < -0.4 is 5.32 Å². The molecule has 0 saturated heterocycles. The highest BCUT2D eigenvalue weighted by Gasteiger charge is 2.37. The van der Waals surface area contributed by atoms with E-state index in [1.807, 2.05) is 6.92 Å². The van der Waals surface area contributed by atoms with Gasteiger partial charge in [-0.1, -0.05) is 6.92 Å². The second-order valence-corrected chi connectivity index (χ2v) is 7.02. The van der Waals surface area contributed by atoms with Crippen molar-refractivity contribution in [3.8, 4) is 0 Å². The minimum absolute atomic E-state index is 0.123. The molecule has 0 amide bonds. The number of rotatable bonds is 7. The average molecular weight is 300 g/mol. The van der Waals surface area contributed by atoms with E-state index in [0.717, 1.165) is 19.3 Å². The second kappa shape index (κ2) is 6.20. The predicted molar refractivity (Wildman–Crippen MR) is 76.4 cm³/mol. The Balaban J connectivity index is 2.34. The number of hydrogen-bond donors (Lipinski definition) is 1.